The first-order valence-electron chi connectivity index (χ1n) is 11.1. The second-order valence-electron chi connectivity index (χ2n) is 7.98. The van der Waals surface area contributed by atoms with Crippen LogP contribution in [-0.4, -0.2) is 58.9 Å². The molecule has 1 aliphatic heterocycles. The van der Waals surface area contributed by atoms with Crippen LogP contribution in [0.15, 0.2) is 52.5 Å². The van der Waals surface area contributed by atoms with E-state index in [9.17, 15) is 17.9 Å². The van der Waals surface area contributed by atoms with E-state index in [1.165, 1.54) is 36.0 Å². The highest BCUT2D eigenvalue weighted by atomic mass is 32.2. The fourth-order valence-corrected chi connectivity index (χ4v) is 6.38. The molecule has 0 bridgehead atoms. The Labute approximate surface area is 197 Å². The molecular weight excluding hydrogens is 465 g/mol. The molecule has 0 spiro atoms. The van der Waals surface area contributed by atoms with Crippen molar-refractivity contribution in [3.05, 3.63) is 48.3 Å². The summed E-state index contributed by atoms with van der Waals surface area (Å²) in [5.74, 6) is 0.496. The second-order valence-corrected chi connectivity index (χ2v) is 10.9. The minimum Gasteiger partial charge on any atom is -0.491 e. The van der Waals surface area contributed by atoms with Gasteiger partial charge in [0.15, 0.2) is 5.16 Å². The van der Waals surface area contributed by atoms with Crippen molar-refractivity contribution in [1.82, 2.24) is 13.9 Å². The number of nitrogens with zero attached hydrogens (tertiary/aromatic N) is 3. The molecule has 33 heavy (non-hydrogen) atoms. The lowest BCUT2D eigenvalue weighted by molar-refractivity contribution is 0.126. The molecule has 1 saturated heterocycles. The summed E-state index contributed by atoms with van der Waals surface area (Å²) in [5, 5.41) is 11.0. The molecule has 1 N–H and O–H groups in total. The Hall–Kier alpha value is -2.14. The number of ether oxygens (including phenoxy) is 1. The van der Waals surface area contributed by atoms with Crippen LogP contribution in [0.5, 0.6) is 5.75 Å². The van der Waals surface area contributed by atoms with Crippen LogP contribution < -0.4 is 4.74 Å². The number of thioether (sulfide) groups is 1. The molecule has 0 radical (unpaired) electrons. The number of fused-ring (bicyclic) bond motifs is 1. The van der Waals surface area contributed by atoms with Crippen molar-refractivity contribution in [3.63, 3.8) is 0 Å². The number of aromatic nitrogens is 2. The molecule has 1 aromatic heterocycles. The average molecular weight is 494 g/mol. The van der Waals surface area contributed by atoms with Crippen LogP contribution in [0.2, 0.25) is 0 Å². The van der Waals surface area contributed by atoms with E-state index in [0.29, 0.717) is 41.8 Å². The number of hydrogen-bond acceptors (Lipinski definition) is 6. The number of sulfonamides is 1. The molecule has 1 atom stereocenters. The van der Waals surface area contributed by atoms with E-state index in [1.54, 1.807) is 22.5 Å². The first-order chi connectivity index (χ1) is 15.9. The fraction of sp³-hybridized carbons (Fsp3) is 0.435. The third-order valence-corrected chi connectivity index (χ3v) is 8.63. The summed E-state index contributed by atoms with van der Waals surface area (Å²) in [6.45, 7) is 3.85. The predicted octanol–water partition coefficient (Wildman–Crippen LogP) is 3.90. The van der Waals surface area contributed by atoms with Crippen LogP contribution >= 0.6 is 11.8 Å². The molecule has 10 heteroatoms. The van der Waals surface area contributed by atoms with Crippen LogP contribution in [0.1, 0.15) is 26.2 Å². The molecule has 178 valence electrons. The monoisotopic (exact) mass is 493 g/mol. The summed E-state index contributed by atoms with van der Waals surface area (Å²) in [5.41, 5.74) is 1.48. The van der Waals surface area contributed by atoms with E-state index in [0.717, 1.165) is 24.8 Å². The van der Waals surface area contributed by atoms with Crippen LogP contribution in [0.4, 0.5) is 4.39 Å². The molecule has 0 amide bonds. The zero-order valence-electron chi connectivity index (χ0n) is 18.5. The van der Waals surface area contributed by atoms with Crippen molar-refractivity contribution in [2.75, 3.05) is 25.4 Å². The van der Waals surface area contributed by atoms with Crippen LogP contribution in [0.3, 0.4) is 0 Å². The van der Waals surface area contributed by atoms with E-state index >= 15 is 0 Å². The lowest BCUT2D eigenvalue weighted by atomic mass is 10.2. The highest BCUT2D eigenvalue weighted by molar-refractivity contribution is 7.99. The number of rotatable bonds is 9. The maximum Gasteiger partial charge on any atom is 0.243 e. The van der Waals surface area contributed by atoms with Gasteiger partial charge in [0.1, 0.15) is 18.2 Å². The summed E-state index contributed by atoms with van der Waals surface area (Å²) in [6, 6.07) is 10.7. The highest BCUT2D eigenvalue weighted by Gasteiger charge is 2.26. The minimum absolute atomic E-state index is 0.0726. The topological polar surface area (TPSA) is 84.7 Å². The maximum absolute atomic E-state index is 13.0. The van der Waals surface area contributed by atoms with Crippen molar-refractivity contribution in [2.45, 2.75) is 48.9 Å². The number of imidazole rings is 1. The van der Waals surface area contributed by atoms with Gasteiger partial charge in [-0.2, -0.15) is 4.31 Å². The van der Waals surface area contributed by atoms with E-state index in [-0.39, 0.29) is 17.3 Å². The lowest BCUT2D eigenvalue weighted by Crippen LogP contribution is -2.35. The molecular formula is C23H28FN3O4S2. The zero-order chi connectivity index (χ0) is 23.4. The average Bonchev–Trinajstić information content (AvgIpc) is 3.19. The van der Waals surface area contributed by atoms with Gasteiger partial charge in [-0.3, -0.25) is 0 Å². The first-order valence-corrected chi connectivity index (χ1v) is 13.5. The number of halogens is 1. The molecule has 4 rings (SSSR count). The van der Waals surface area contributed by atoms with Gasteiger partial charge in [0.05, 0.1) is 22.0 Å². The third-order valence-electron chi connectivity index (χ3n) is 5.61. The molecule has 1 fully saturated rings. The number of aliphatic hydroxyl groups is 1. The Morgan fingerprint density at radius 2 is 1.88 bits per heavy atom. The summed E-state index contributed by atoms with van der Waals surface area (Å²) < 4.78 is 48.1. The molecule has 1 aliphatic rings. The van der Waals surface area contributed by atoms with Crippen LogP contribution in [-0.2, 0) is 16.6 Å². The van der Waals surface area contributed by atoms with Gasteiger partial charge in [-0.15, -0.1) is 0 Å². The van der Waals surface area contributed by atoms with Gasteiger partial charge >= 0.3 is 0 Å². The lowest BCUT2D eigenvalue weighted by Gasteiger charge is -2.25. The second kappa shape index (κ2) is 10.4. The number of aliphatic hydroxyl groups excluding tert-OH is 1. The van der Waals surface area contributed by atoms with Gasteiger partial charge in [-0.1, -0.05) is 18.2 Å². The molecule has 3 aromatic rings. The highest BCUT2D eigenvalue weighted by Crippen LogP contribution is 2.28. The van der Waals surface area contributed by atoms with Gasteiger partial charge in [-0.25, -0.2) is 17.8 Å². The largest absolute Gasteiger partial charge is 0.491 e. The summed E-state index contributed by atoms with van der Waals surface area (Å²) in [4.78, 5) is 4.92. The summed E-state index contributed by atoms with van der Waals surface area (Å²) in [6.07, 6.45) is 2.09. The van der Waals surface area contributed by atoms with Gasteiger partial charge in [0.2, 0.25) is 10.0 Å². The Bertz CT molecular complexity index is 1190. The molecule has 0 saturated carbocycles. The molecule has 7 nitrogen and oxygen atoms in total. The molecule has 0 aliphatic carbocycles. The van der Waals surface area contributed by atoms with Crippen molar-refractivity contribution in [1.29, 1.82) is 0 Å². The minimum atomic E-state index is -3.53. The van der Waals surface area contributed by atoms with Crippen molar-refractivity contribution in [3.8, 4) is 5.75 Å². The maximum atomic E-state index is 13.0. The van der Waals surface area contributed by atoms with Gasteiger partial charge in [-0.05, 0) is 62.2 Å². The summed E-state index contributed by atoms with van der Waals surface area (Å²) in [7, 11) is -3.53. The molecule has 1 unspecified atom stereocenters. The van der Waals surface area contributed by atoms with E-state index in [4.69, 9.17) is 4.74 Å². The first kappa shape index (κ1) is 24.0. The Morgan fingerprint density at radius 3 is 2.58 bits per heavy atom. The Morgan fingerprint density at radius 1 is 1.15 bits per heavy atom. The van der Waals surface area contributed by atoms with E-state index < -0.39 is 16.1 Å². The Balaban J connectivity index is 1.45. The third kappa shape index (κ3) is 5.51. The zero-order valence-corrected chi connectivity index (χ0v) is 20.1. The predicted molar refractivity (Wildman–Crippen MR) is 127 cm³/mol. The SMILES string of the molecule is CCn1c(SCC(O)COc2ccc(F)cc2)nc2cc(S(=O)(=O)N3CCCCC3)ccc21. The quantitative estimate of drug-likeness (QED) is 0.455. The number of piperidine rings is 1. The van der Waals surface area contributed by atoms with E-state index in [2.05, 4.69) is 4.98 Å². The number of aryl methyl sites for hydroxylation is 1. The number of benzene rings is 2. The normalized spacial score (nSPS) is 16.2. The van der Waals surface area contributed by atoms with Crippen molar-refractivity contribution in [2.24, 2.45) is 0 Å². The van der Waals surface area contributed by atoms with Crippen LogP contribution in [0, 0.1) is 5.82 Å². The smallest absolute Gasteiger partial charge is 0.243 e. The van der Waals surface area contributed by atoms with Gasteiger partial charge in [0.25, 0.3) is 0 Å². The number of hydrogen-bond donors (Lipinski definition) is 1. The van der Waals surface area contributed by atoms with Gasteiger partial charge < -0.3 is 14.4 Å². The molecule has 2 heterocycles. The van der Waals surface area contributed by atoms with Gasteiger partial charge in [0, 0.05) is 25.4 Å². The Kier molecular flexibility index (Phi) is 7.58. The fourth-order valence-electron chi connectivity index (χ4n) is 3.86. The van der Waals surface area contributed by atoms with Crippen molar-refractivity contribution < 1.29 is 22.7 Å². The van der Waals surface area contributed by atoms with Crippen LogP contribution in [0.25, 0.3) is 11.0 Å². The standard InChI is InChI=1S/C23H28FN3O4S2/c1-2-27-22-11-10-20(33(29,30)26-12-4-3-5-13-26)14-21(22)25-23(27)32-16-18(28)15-31-19-8-6-17(24)7-9-19/h6-11,14,18,28H,2-5,12-13,15-16H2,1H3. The van der Waals surface area contributed by atoms with E-state index in [1.807, 2.05) is 11.5 Å². The summed E-state index contributed by atoms with van der Waals surface area (Å²) >= 11 is 1.39. The van der Waals surface area contributed by atoms with Crippen molar-refractivity contribution >= 4 is 32.8 Å². The molecule has 2 aromatic carbocycles.